The number of nitrogens with zero attached hydrogens (tertiary/aromatic N) is 4. The molecule has 17 nitrogen and oxygen atoms in total. The summed E-state index contributed by atoms with van der Waals surface area (Å²) in [7, 11) is -2.33. The van der Waals surface area contributed by atoms with Crippen molar-refractivity contribution >= 4 is 85.3 Å². The van der Waals surface area contributed by atoms with Gasteiger partial charge in [0, 0.05) is 68.8 Å². The number of anilines is 2. The van der Waals surface area contributed by atoms with Gasteiger partial charge in [0.25, 0.3) is 19.2 Å². The Bertz CT molecular complexity index is 2340. The zero-order valence-electron chi connectivity index (χ0n) is 32.4. The van der Waals surface area contributed by atoms with Gasteiger partial charge in [0.15, 0.2) is 0 Å². The Morgan fingerprint density at radius 3 is 1.14 bits per heavy atom. The van der Waals surface area contributed by atoms with E-state index in [2.05, 4.69) is 9.98 Å². The number of hydrogen-bond donors (Lipinski definition) is 5. The van der Waals surface area contributed by atoms with E-state index in [-0.39, 0.29) is 38.1 Å². The molecule has 9 N–H and O–H groups in total. The van der Waals surface area contributed by atoms with E-state index in [0.29, 0.717) is 22.5 Å². The smallest absolute Gasteiger partial charge is 0.294 e. The number of benzene rings is 4. The standard InChI is InChI=1S/C10H13ClN2O2S.C10H15N3O2S.C7H10N2O2S.C7H9NO3S.V/c2*1-8-6-9(16(11,14)15)4-5-10(8)12-7-13(2)3;2*1-5-4-6(12(9,10)11)2-3-7(5)8;/h4-7H,1-3H3;4-7H,1-3H3,(H2,11,14,15);2-4H,8H2,1H3,(H2,9,10,11);2-4H,8H2,1H3,(H,9,10,11);. The van der Waals surface area contributed by atoms with Gasteiger partial charge in [-0.25, -0.2) is 45.5 Å². The van der Waals surface area contributed by atoms with Gasteiger partial charge in [-0.3, -0.25) is 4.55 Å². The first kappa shape index (κ1) is 53.0. The summed E-state index contributed by atoms with van der Waals surface area (Å²) in [4.78, 5) is 12.1. The minimum absolute atomic E-state index is 0. The van der Waals surface area contributed by atoms with Crippen LogP contribution in [0.3, 0.4) is 0 Å². The summed E-state index contributed by atoms with van der Waals surface area (Å²) in [5.41, 5.74) is 16.3. The molecule has 0 amide bonds. The van der Waals surface area contributed by atoms with Crippen LogP contribution in [0.25, 0.3) is 0 Å². The maximum atomic E-state index is 11.1. The van der Waals surface area contributed by atoms with Crippen molar-refractivity contribution in [2.75, 3.05) is 39.7 Å². The van der Waals surface area contributed by atoms with E-state index in [1.54, 1.807) is 62.3 Å². The van der Waals surface area contributed by atoms with Crippen molar-refractivity contribution in [3.63, 3.8) is 0 Å². The molecule has 0 saturated carbocycles. The van der Waals surface area contributed by atoms with Gasteiger partial charge in [0.1, 0.15) is 0 Å². The largest absolute Gasteiger partial charge is 0.399 e. The molecule has 0 atom stereocenters. The Balaban J connectivity index is 0.000000736. The normalized spacial score (nSPS) is 11.6. The number of nitrogen functional groups attached to an aromatic ring is 2. The Labute approximate surface area is 352 Å². The molecule has 0 aliphatic rings. The molecule has 0 bridgehead atoms. The zero-order chi connectivity index (χ0) is 43.4. The second kappa shape index (κ2) is 22.2. The molecule has 4 rings (SSSR count). The molecule has 0 spiro atoms. The molecule has 0 aliphatic heterocycles. The third kappa shape index (κ3) is 19.3. The first-order chi connectivity index (χ1) is 25.4. The third-order valence-electron chi connectivity index (χ3n) is 6.91. The third-order valence-corrected chi connectivity index (χ3v) is 10.9. The topological polar surface area (TPSA) is 292 Å². The number of halogens is 1. The average molecular weight is 926 g/mol. The molecule has 0 aliphatic carbocycles. The summed E-state index contributed by atoms with van der Waals surface area (Å²) < 4.78 is 95.9. The predicted octanol–water partition coefficient (Wildman–Crippen LogP) is 4.05. The molecule has 0 saturated heterocycles. The molecule has 1 radical (unpaired) electrons. The maximum absolute atomic E-state index is 11.1. The van der Waals surface area contributed by atoms with Crippen molar-refractivity contribution in [2.24, 2.45) is 20.3 Å². The van der Waals surface area contributed by atoms with E-state index in [0.717, 1.165) is 22.5 Å². The van der Waals surface area contributed by atoms with Crippen LogP contribution in [0.5, 0.6) is 0 Å². The average Bonchev–Trinajstić information content (AvgIpc) is 3.05. The molecule has 0 unspecified atom stereocenters. The second-order valence-electron chi connectivity index (χ2n) is 12.4. The Hall–Kier alpha value is -4.03. The van der Waals surface area contributed by atoms with E-state index in [1.165, 1.54) is 60.7 Å². The summed E-state index contributed by atoms with van der Waals surface area (Å²) in [5, 5.41) is 9.93. The van der Waals surface area contributed by atoms with Crippen molar-refractivity contribution in [3.05, 3.63) is 95.1 Å². The quantitative estimate of drug-likeness (QED) is 0.0549. The van der Waals surface area contributed by atoms with Crippen LogP contribution in [0.4, 0.5) is 22.7 Å². The van der Waals surface area contributed by atoms with Crippen molar-refractivity contribution in [2.45, 2.75) is 47.3 Å². The number of aryl methyl sites for hydroxylation is 4. The van der Waals surface area contributed by atoms with Gasteiger partial charge < -0.3 is 21.3 Å². The summed E-state index contributed by atoms with van der Waals surface area (Å²) in [6.07, 6.45) is 3.30. The van der Waals surface area contributed by atoms with Gasteiger partial charge in [-0.15, -0.1) is 0 Å². The van der Waals surface area contributed by atoms with Gasteiger partial charge >= 0.3 is 0 Å². The van der Waals surface area contributed by atoms with Crippen molar-refractivity contribution in [3.8, 4) is 0 Å². The van der Waals surface area contributed by atoms with Gasteiger partial charge in [-0.1, -0.05) is 0 Å². The van der Waals surface area contributed by atoms with E-state index in [1.807, 2.05) is 28.2 Å². The fourth-order valence-electron chi connectivity index (χ4n) is 3.86. The first-order valence-electron chi connectivity index (χ1n) is 15.8. The summed E-state index contributed by atoms with van der Waals surface area (Å²) in [6, 6.07) is 17.6. The van der Waals surface area contributed by atoms with Crippen LogP contribution in [0.15, 0.2) is 102 Å². The molecule has 0 aromatic heterocycles. The maximum Gasteiger partial charge on any atom is 0.294 e. The van der Waals surface area contributed by atoms with E-state index in [9.17, 15) is 33.7 Å². The van der Waals surface area contributed by atoms with Gasteiger partial charge in [0.05, 0.1) is 43.6 Å². The van der Waals surface area contributed by atoms with Crippen molar-refractivity contribution < 1.29 is 56.8 Å². The van der Waals surface area contributed by atoms with Crippen LogP contribution in [-0.2, 0) is 57.8 Å². The molecular weight excluding hydrogens is 879 g/mol. The predicted molar refractivity (Wildman–Crippen MR) is 223 cm³/mol. The summed E-state index contributed by atoms with van der Waals surface area (Å²) in [6.45, 7) is 6.97. The molecule has 4 aromatic rings. The van der Waals surface area contributed by atoms with Gasteiger partial charge in [0.2, 0.25) is 20.0 Å². The molecule has 313 valence electrons. The van der Waals surface area contributed by atoms with E-state index in [4.69, 9.17) is 37.0 Å². The Kier molecular flexibility index (Phi) is 20.6. The SMILES string of the molecule is Cc1cc(S(=O)(=O)Cl)ccc1N=CN(C)C.Cc1cc(S(=O)(=O)O)ccc1N.Cc1cc(S(N)(=O)=O)ccc1N.Cc1cc(S(N)(=O)=O)ccc1N=CN(C)C.[V]. The minimum atomic E-state index is -4.10. The van der Waals surface area contributed by atoms with Crippen LogP contribution < -0.4 is 21.7 Å². The van der Waals surface area contributed by atoms with Crippen LogP contribution in [-0.4, -0.2) is 88.9 Å². The fourth-order valence-corrected chi connectivity index (χ4v) is 6.46. The minimum Gasteiger partial charge on any atom is -0.399 e. The van der Waals surface area contributed by atoms with Crippen LogP contribution in [0.1, 0.15) is 22.3 Å². The van der Waals surface area contributed by atoms with Crippen LogP contribution >= 0.6 is 10.7 Å². The van der Waals surface area contributed by atoms with Crippen molar-refractivity contribution in [1.29, 1.82) is 0 Å². The Morgan fingerprint density at radius 1 is 0.544 bits per heavy atom. The van der Waals surface area contributed by atoms with E-state index < -0.39 is 39.2 Å². The summed E-state index contributed by atoms with van der Waals surface area (Å²) in [5.74, 6) is 0. The van der Waals surface area contributed by atoms with Gasteiger partial charge in [-0.05, 0) is 123 Å². The summed E-state index contributed by atoms with van der Waals surface area (Å²) >= 11 is 0. The Morgan fingerprint density at radius 2 is 0.842 bits per heavy atom. The number of primary sulfonamides is 2. The monoisotopic (exact) mass is 925 g/mol. The number of sulfonamides is 2. The molecular formula is C34H47ClN8O9S4V. The molecule has 0 heterocycles. The fraction of sp³-hybridized carbons (Fsp3) is 0.235. The number of aliphatic imine (C=N–C) groups is 2. The molecule has 4 aromatic carbocycles. The van der Waals surface area contributed by atoms with E-state index >= 15 is 0 Å². The van der Waals surface area contributed by atoms with Crippen LogP contribution in [0, 0.1) is 27.7 Å². The zero-order valence-corrected chi connectivity index (χ0v) is 37.8. The van der Waals surface area contributed by atoms with Crippen molar-refractivity contribution in [1.82, 2.24) is 9.80 Å². The molecule has 57 heavy (non-hydrogen) atoms. The number of hydrogen-bond acceptors (Lipinski definition) is 12. The molecule has 0 fully saturated rings. The van der Waals surface area contributed by atoms with Gasteiger partial charge in [-0.2, -0.15) is 8.42 Å². The second-order valence-corrected chi connectivity index (χ2v) is 19.5. The number of rotatable bonds is 8. The molecule has 23 heteroatoms. The first-order valence-corrected chi connectivity index (χ1v) is 22.6. The number of nitrogens with two attached hydrogens (primary N) is 4. The van der Waals surface area contributed by atoms with Crippen LogP contribution in [0.2, 0.25) is 0 Å².